The van der Waals surface area contributed by atoms with Gasteiger partial charge in [-0.25, -0.2) is 4.99 Å². The molecule has 4 aliphatic carbocycles. The third kappa shape index (κ3) is 5.02. The van der Waals surface area contributed by atoms with Crippen LogP contribution in [0.4, 0.5) is 5.69 Å². The lowest BCUT2D eigenvalue weighted by Gasteiger charge is -2.48. The molecule has 3 aromatic rings. The Bertz CT molecular complexity index is 1770. The minimum Gasteiger partial charge on any atom is -0.381 e. The predicted molar refractivity (Wildman–Crippen MR) is 203 cm³/mol. The molecule has 0 radical (unpaired) electrons. The normalized spacial score (nSPS) is 29.7. The minimum atomic E-state index is 0.155. The number of fused-ring (bicyclic) bond motifs is 5. The van der Waals surface area contributed by atoms with E-state index in [-0.39, 0.29) is 29.0 Å². The zero-order chi connectivity index (χ0) is 34.1. The molecule has 3 aromatic carbocycles. The highest BCUT2D eigenvalue weighted by Gasteiger charge is 2.63. The Hall–Kier alpha value is -3.21. The number of hydrogen-bond donors (Lipinski definition) is 0. The zero-order valence-electron chi connectivity index (χ0n) is 30.9. The zero-order valence-corrected chi connectivity index (χ0v) is 30.9. The van der Waals surface area contributed by atoms with Gasteiger partial charge in [0.1, 0.15) is 5.84 Å². The second-order valence-electron chi connectivity index (χ2n) is 16.5. The number of nitrogens with zero attached hydrogens (tertiary/aromatic N) is 2. The van der Waals surface area contributed by atoms with Gasteiger partial charge in [0.05, 0.1) is 17.9 Å². The van der Waals surface area contributed by atoms with Crippen LogP contribution in [-0.4, -0.2) is 37.2 Å². The summed E-state index contributed by atoms with van der Waals surface area (Å²) in [5.74, 6) is 2.28. The summed E-state index contributed by atoms with van der Waals surface area (Å²) in [4.78, 5) is 8.35. The first-order valence-corrected chi connectivity index (χ1v) is 19.2. The fraction of sp³-hybridized carbons (Fsp3) is 0.533. The van der Waals surface area contributed by atoms with Crippen LogP contribution in [0.5, 0.6) is 0 Å². The number of amidine groups is 1. The van der Waals surface area contributed by atoms with Crippen LogP contribution in [0.3, 0.4) is 0 Å². The average molecular weight is 657 g/mol. The summed E-state index contributed by atoms with van der Waals surface area (Å²) < 4.78 is 12.1. The van der Waals surface area contributed by atoms with Gasteiger partial charge < -0.3 is 14.4 Å². The van der Waals surface area contributed by atoms with Gasteiger partial charge in [0.25, 0.3) is 0 Å². The van der Waals surface area contributed by atoms with Gasteiger partial charge in [-0.05, 0) is 115 Å². The molecule has 0 N–H and O–H groups in total. The summed E-state index contributed by atoms with van der Waals surface area (Å²) in [5, 5.41) is 0. The fourth-order valence-electron chi connectivity index (χ4n) is 11.1. The van der Waals surface area contributed by atoms with Crippen LogP contribution in [0, 0.1) is 5.92 Å². The summed E-state index contributed by atoms with van der Waals surface area (Å²) in [6.07, 6.45) is 13.4. The highest BCUT2D eigenvalue weighted by atomic mass is 16.5. The van der Waals surface area contributed by atoms with Crippen molar-refractivity contribution < 1.29 is 9.47 Å². The van der Waals surface area contributed by atoms with Crippen molar-refractivity contribution in [2.75, 3.05) is 14.2 Å². The maximum Gasteiger partial charge on any atom is 0.113 e. The molecule has 0 amide bonds. The van der Waals surface area contributed by atoms with Crippen LogP contribution in [0.25, 0.3) is 16.8 Å². The monoisotopic (exact) mass is 656 g/mol. The Morgan fingerprint density at radius 2 is 1.43 bits per heavy atom. The van der Waals surface area contributed by atoms with E-state index < -0.39 is 0 Å². The summed E-state index contributed by atoms with van der Waals surface area (Å²) >= 11 is 0. The van der Waals surface area contributed by atoms with E-state index in [0.717, 1.165) is 31.5 Å². The van der Waals surface area contributed by atoms with E-state index in [9.17, 15) is 0 Å². The maximum absolute atomic E-state index is 6.07. The Kier molecular flexibility index (Phi) is 8.43. The van der Waals surface area contributed by atoms with E-state index in [0.29, 0.717) is 11.8 Å². The predicted octanol–water partition coefficient (Wildman–Crippen LogP) is 11.2. The second-order valence-corrected chi connectivity index (χ2v) is 16.5. The standard InChI is InChI=1S/C45H56N2O2/c1-8-40-41-30(15-16-38-37-13-9-10-14-39(37)44-17-11-19-45(44,42(38)41)20-12-18-44)27-47(40)43(33-24-35(48-6)26-36(25-33)49-7)46-34-22-31(28(2)3)21-32(23-34)29(4)5/h8-10,13-16,21-23,28-29,33,35-36H,11-12,17-20,24-27H2,1-7H3/b40-8-,46-43+/t33?,35?,36?,44-,45+. The molecule has 1 aliphatic heterocycles. The van der Waals surface area contributed by atoms with Crippen LogP contribution in [0.2, 0.25) is 0 Å². The van der Waals surface area contributed by atoms with Crippen LogP contribution < -0.4 is 0 Å². The molecule has 0 bridgehead atoms. The van der Waals surface area contributed by atoms with Gasteiger partial charge in [0.2, 0.25) is 0 Å². The molecule has 0 saturated heterocycles. The highest BCUT2D eigenvalue weighted by Crippen LogP contribution is 2.70. The minimum absolute atomic E-state index is 0.155. The van der Waals surface area contributed by atoms with Crippen molar-refractivity contribution in [3.8, 4) is 11.1 Å². The first-order chi connectivity index (χ1) is 23.7. The van der Waals surface area contributed by atoms with E-state index in [1.54, 1.807) is 11.1 Å². The molecule has 0 spiro atoms. The fourth-order valence-corrected chi connectivity index (χ4v) is 11.1. The molecule has 0 aromatic heterocycles. The lowest BCUT2D eigenvalue weighted by atomic mass is 9.54. The molecule has 2 unspecified atom stereocenters. The van der Waals surface area contributed by atoms with E-state index in [2.05, 4.69) is 100 Å². The van der Waals surface area contributed by atoms with Crippen molar-refractivity contribution in [2.24, 2.45) is 10.9 Å². The van der Waals surface area contributed by atoms with E-state index >= 15 is 0 Å². The highest BCUT2D eigenvalue weighted by molar-refractivity contribution is 5.98. The molecule has 5 aliphatic rings. The molecule has 2 atom stereocenters. The van der Waals surface area contributed by atoms with Gasteiger partial charge in [0.15, 0.2) is 0 Å². The van der Waals surface area contributed by atoms with Crippen LogP contribution in [0.1, 0.15) is 138 Å². The third-order valence-electron chi connectivity index (χ3n) is 13.5. The lowest BCUT2D eigenvalue weighted by molar-refractivity contribution is -0.0201. The number of rotatable bonds is 6. The molecule has 258 valence electrons. The van der Waals surface area contributed by atoms with E-state index in [4.69, 9.17) is 14.5 Å². The molecular weight excluding hydrogens is 601 g/mol. The Morgan fingerprint density at radius 1 is 0.796 bits per heavy atom. The molecule has 1 heterocycles. The van der Waals surface area contributed by atoms with Gasteiger partial charge in [-0.2, -0.15) is 0 Å². The molecular formula is C45H56N2O2. The molecule has 4 nitrogen and oxygen atoms in total. The Labute approximate surface area is 295 Å². The molecule has 8 rings (SSSR count). The lowest BCUT2D eigenvalue weighted by Crippen LogP contribution is -2.44. The van der Waals surface area contributed by atoms with Crippen LogP contribution in [0.15, 0.2) is 65.7 Å². The number of aliphatic imine (C=N–C) groups is 1. The number of ether oxygens (including phenoxy) is 2. The van der Waals surface area contributed by atoms with E-state index in [1.807, 2.05) is 14.2 Å². The third-order valence-corrected chi connectivity index (χ3v) is 13.5. The van der Waals surface area contributed by atoms with Gasteiger partial charge in [-0.15, -0.1) is 0 Å². The SMILES string of the molecule is C/C=C1/c2c(ccc3c2[C@]24CCC[C@]2(CCC4)c2ccccc2-3)CN1/C(=N/c1cc(C(C)C)cc(C(C)C)c1)C1CC(OC)CC(OC)C1. The van der Waals surface area contributed by atoms with Crippen molar-refractivity contribution in [2.45, 2.75) is 134 Å². The van der Waals surface area contributed by atoms with Crippen molar-refractivity contribution in [3.05, 3.63) is 94.1 Å². The Morgan fingerprint density at radius 3 is 2.04 bits per heavy atom. The molecule has 3 saturated carbocycles. The van der Waals surface area contributed by atoms with Crippen molar-refractivity contribution in [1.29, 1.82) is 0 Å². The van der Waals surface area contributed by atoms with Gasteiger partial charge in [-0.1, -0.05) is 89.1 Å². The number of allylic oxidation sites excluding steroid dienone is 1. The van der Waals surface area contributed by atoms with Crippen LogP contribution in [-0.2, 0) is 26.8 Å². The molecule has 49 heavy (non-hydrogen) atoms. The largest absolute Gasteiger partial charge is 0.381 e. The smallest absolute Gasteiger partial charge is 0.113 e. The number of methoxy groups -OCH3 is 2. The first kappa shape index (κ1) is 33.0. The van der Waals surface area contributed by atoms with Crippen molar-refractivity contribution in [1.82, 2.24) is 4.90 Å². The van der Waals surface area contributed by atoms with Crippen LogP contribution >= 0.6 is 0 Å². The van der Waals surface area contributed by atoms with Gasteiger partial charge in [0, 0.05) is 48.8 Å². The van der Waals surface area contributed by atoms with E-state index in [1.165, 1.54) is 83.4 Å². The first-order valence-electron chi connectivity index (χ1n) is 19.2. The van der Waals surface area contributed by atoms with Gasteiger partial charge >= 0.3 is 0 Å². The summed E-state index contributed by atoms with van der Waals surface area (Å²) in [7, 11) is 3.72. The Balaban J connectivity index is 1.32. The number of hydrogen-bond acceptors (Lipinski definition) is 3. The van der Waals surface area contributed by atoms with Crippen molar-refractivity contribution in [3.63, 3.8) is 0 Å². The van der Waals surface area contributed by atoms with Crippen molar-refractivity contribution >= 4 is 17.2 Å². The average Bonchev–Trinajstić information content (AvgIpc) is 3.80. The topological polar surface area (TPSA) is 34.1 Å². The summed E-state index contributed by atoms with van der Waals surface area (Å²) in [5.41, 5.74) is 14.8. The number of benzene rings is 3. The van der Waals surface area contributed by atoms with Gasteiger partial charge in [-0.3, -0.25) is 0 Å². The summed E-state index contributed by atoms with van der Waals surface area (Å²) in [6.45, 7) is 12.3. The quantitative estimate of drug-likeness (QED) is 0.196. The molecule has 4 heteroatoms. The molecule has 3 fully saturated rings. The second kappa shape index (κ2) is 12.5. The maximum atomic E-state index is 6.07. The summed E-state index contributed by atoms with van der Waals surface area (Å²) in [6, 6.07) is 21.4.